The quantitative estimate of drug-likeness (QED) is 0.225. The van der Waals surface area contributed by atoms with E-state index < -0.39 is 73.1 Å². The number of aliphatic carboxylic acids is 1. The van der Waals surface area contributed by atoms with Gasteiger partial charge in [0, 0.05) is 37.8 Å². The molecular formula is C22H30O13. The summed E-state index contributed by atoms with van der Waals surface area (Å²) >= 11 is 0. The van der Waals surface area contributed by atoms with Crippen LogP contribution >= 0.6 is 0 Å². The van der Waals surface area contributed by atoms with Crippen LogP contribution in [0.3, 0.4) is 0 Å². The second-order valence-corrected chi connectivity index (χ2v) is 7.11. The van der Waals surface area contributed by atoms with Crippen LogP contribution in [0.1, 0.15) is 53.4 Å². The first-order chi connectivity index (χ1) is 16.6. The van der Waals surface area contributed by atoms with E-state index in [1.807, 2.05) is 0 Å². The lowest BCUT2D eigenvalue weighted by molar-refractivity contribution is -0.300. The van der Waals surface area contributed by atoms with Crippen molar-refractivity contribution in [2.45, 2.75) is 84.1 Å². The molecule has 1 aliphatic heterocycles. The van der Waals surface area contributed by atoms with Gasteiger partial charge in [0.15, 0.2) is 12.2 Å². The van der Waals surface area contributed by atoms with E-state index in [0.717, 1.165) is 0 Å². The van der Waals surface area contributed by atoms with Gasteiger partial charge in [-0.15, -0.1) is 0 Å². The minimum Gasteiger partial charge on any atom is -0.478 e. The average Bonchev–Trinajstić information content (AvgIpc) is 2.83. The molecule has 35 heavy (non-hydrogen) atoms. The van der Waals surface area contributed by atoms with E-state index in [-0.39, 0.29) is 25.7 Å². The van der Waals surface area contributed by atoms with Crippen molar-refractivity contribution in [2.75, 3.05) is 6.61 Å². The van der Waals surface area contributed by atoms with E-state index in [1.54, 1.807) is 0 Å². The molecule has 1 rings (SSSR count). The number of hydrogen-bond acceptors (Lipinski definition) is 12. The van der Waals surface area contributed by atoms with Crippen LogP contribution in [-0.4, -0.2) is 78.2 Å². The summed E-state index contributed by atoms with van der Waals surface area (Å²) in [7, 11) is 0. The highest BCUT2D eigenvalue weighted by atomic mass is 16.7. The summed E-state index contributed by atoms with van der Waals surface area (Å²) in [5.74, 6) is -5.49. The molecule has 1 saturated heterocycles. The summed E-state index contributed by atoms with van der Waals surface area (Å²) in [4.78, 5) is 71.1. The van der Waals surface area contributed by atoms with Crippen LogP contribution in [0.5, 0.6) is 0 Å². The van der Waals surface area contributed by atoms with Gasteiger partial charge in [-0.1, -0.05) is 27.7 Å². The maximum atomic E-state index is 12.3. The monoisotopic (exact) mass is 502 g/mol. The molecule has 13 heteroatoms. The number of carbonyl (C=O) groups excluding carboxylic acids is 5. The maximum absolute atomic E-state index is 12.3. The van der Waals surface area contributed by atoms with Gasteiger partial charge in [-0.3, -0.25) is 19.2 Å². The van der Waals surface area contributed by atoms with Crippen molar-refractivity contribution in [3.8, 4) is 0 Å². The van der Waals surface area contributed by atoms with Crippen LogP contribution in [0.4, 0.5) is 0 Å². The molecule has 196 valence electrons. The highest BCUT2D eigenvalue weighted by Gasteiger charge is 2.54. The van der Waals surface area contributed by atoms with Crippen molar-refractivity contribution in [3.05, 3.63) is 12.2 Å². The number of carboxylic acids is 1. The summed E-state index contributed by atoms with van der Waals surface area (Å²) in [6.07, 6.45) is -6.70. The molecule has 13 nitrogen and oxygen atoms in total. The van der Waals surface area contributed by atoms with Crippen molar-refractivity contribution in [2.24, 2.45) is 0 Å². The molecule has 0 saturated carbocycles. The van der Waals surface area contributed by atoms with E-state index in [2.05, 4.69) is 0 Å². The minimum absolute atomic E-state index is 0.0117. The standard InChI is InChI=1S/C22H30O13/c1-5-14(25)30-11-12-19(34-18(29)10-9-13(23)24)20(32-15(26)6-2)21(33-16(27)7-3)22(31-12)35-17(28)8-4/h9-10,12,19-22H,5-8,11H2,1-4H3,(H,23,24)/b10-9+. The number of hydrogen-bond donors (Lipinski definition) is 1. The molecule has 0 aliphatic carbocycles. The predicted molar refractivity (Wildman–Crippen MR) is 113 cm³/mol. The van der Waals surface area contributed by atoms with Crippen LogP contribution in [0.2, 0.25) is 0 Å². The fraction of sp³-hybridized carbons (Fsp3) is 0.636. The molecule has 0 radical (unpaired) electrons. The minimum atomic E-state index is -1.59. The number of rotatable bonds is 12. The zero-order chi connectivity index (χ0) is 26.5. The van der Waals surface area contributed by atoms with Gasteiger partial charge < -0.3 is 33.5 Å². The molecule has 0 aromatic rings. The summed E-state index contributed by atoms with van der Waals surface area (Å²) in [5.41, 5.74) is 0. The second kappa shape index (κ2) is 14.7. The third-order valence-electron chi connectivity index (χ3n) is 4.55. The SMILES string of the molecule is CCC(=O)OCC1OC(OC(=O)CC)C(OC(=O)CC)C(OC(=O)CC)C1OC(=O)/C=C/C(=O)O. The van der Waals surface area contributed by atoms with Gasteiger partial charge in [0.25, 0.3) is 0 Å². The van der Waals surface area contributed by atoms with Gasteiger partial charge in [-0.25, -0.2) is 9.59 Å². The lowest BCUT2D eigenvalue weighted by Crippen LogP contribution is -2.63. The van der Waals surface area contributed by atoms with Crippen LogP contribution in [0.15, 0.2) is 12.2 Å². The normalized spacial score (nSPS) is 23.7. The van der Waals surface area contributed by atoms with E-state index in [0.29, 0.717) is 12.2 Å². The second-order valence-electron chi connectivity index (χ2n) is 7.11. The third kappa shape index (κ3) is 9.73. The molecule has 0 aromatic heterocycles. The topological polar surface area (TPSA) is 178 Å². The fourth-order valence-electron chi connectivity index (χ4n) is 2.78. The summed E-state index contributed by atoms with van der Waals surface area (Å²) in [5, 5.41) is 8.75. The molecule has 5 unspecified atom stereocenters. The van der Waals surface area contributed by atoms with Crippen molar-refractivity contribution < 1.29 is 62.3 Å². The number of ether oxygens (including phenoxy) is 6. The molecule has 1 aliphatic rings. The van der Waals surface area contributed by atoms with Gasteiger partial charge in [-0.05, 0) is 0 Å². The Morgan fingerprint density at radius 3 is 1.71 bits per heavy atom. The first kappa shape index (κ1) is 29.6. The van der Waals surface area contributed by atoms with E-state index >= 15 is 0 Å². The fourth-order valence-corrected chi connectivity index (χ4v) is 2.78. The molecule has 0 spiro atoms. The summed E-state index contributed by atoms with van der Waals surface area (Å²) < 4.78 is 32.0. The zero-order valence-electron chi connectivity index (χ0n) is 19.9. The Morgan fingerprint density at radius 2 is 1.20 bits per heavy atom. The smallest absolute Gasteiger partial charge is 0.331 e. The average molecular weight is 502 g/mol. The summed E-state index contributed by atoms with van der Waals surface area (Å²) in [6, 6.07) is 0. The first-order valence-electron chi connectivity index (χ1n) is 11.1. The number of carboxylic acid groups (broad SMARTS) is 1. The predicted octanol–water partition coefficient (Wildman–Crippen LogP) is 0.814. The van der Waals surface area contributed by atoms with E-state index in [1.165, 1.54) is 27.7 Å². The largest absolute Gasteiger partial charge is 0.478 e. The van der Waals surface area contributed by atoms with Gasteiger partial charge in [-0.2, -0.15) is 0 Å². The van der Waals surface area contributed by atoms with Crippen LogP contribution < -0.4 is 0 Å². The van der Waals surface area contributed by atoms with Crippen LogP contribution in [-0.2, 0) is 57.2 Å². The van der Waals surface area contributed by atoms with Crippen LogP contribution in [0, 0.1) is 0 Å². The maximum Gasteiger partial charge on any atom is 0.331 e. The third-order valence-corrected chi connectivity index (χ3v) is 4.55. The Labute approximate surface area is 201 Å². The highest BCUT2D eigenvalue weighted by molar-refractivity contribution is 5.90. The number of esters is 5. The van der Waals surface area contributed by atoms with Crippen molar-refractivity contribution >= 4 is 35.8 Å². The Kier molecular flexibility index (Phi) is 12.4. The zero-order valence-corrected chi connectivity index (χ0v) is 19.9. The Bertz CT molecular complexity index is 818. The van der Waals surface area contributed by atoms with Gasteiger partial charge in [0.05, 0.1) is 0 Å². The molecule has 0 amide bonds. The van der Waals surface area contributed by atoms with E-state index in [9.17, 15) is 28.8 Å². The summed E-state index contributed by atoms with van der Waals surface area (Å²) in [6.45, 7) is 5.51. The molecule has 1 N–H and O–H groups in total. The Balaban J connectivity index is 3.47. The van der Waals surface area contributed by atoms with Crippen LogP contribution in [0.25, 0.3) is 0 Å². The molecule has 1 fully saturated rings. The lowest BCUT2D eigenvalue weighted by atomic mass is 9.98. The van der Waals surface area contributed by atoms with E-state index in [4.69, 9.17) is 33.5 Å². The highest BCUT2D eigenvalue weighted by Crippen LogP contribution is 2.30. The molecule has 1 heterocycles. The van der Waals surface area contributed by atoms with Gasteiger partial charge in [0.2, 0.25) is 12.4 Å². The lowest BCUT2D eigenvalue weighted by Gasteiger charge is -2.43. The van der Waals surface area contributed by atoms with Crippen molar-refractivity contribution in [1.29, 1.82) is 0 Å². The molecule has 0 aromatic carbocycles. The first-order valence-corrected chi connectivity index (χ1v) is 11.1. The molecule has 0 bridgehead atoms. The van der Waals surface area contributed by atoms with Crippen molar-refractivity contribution in [3.63, 3.8) is 0 Å². The van der Waals surface area contributed by atoms with Gasteiger partial charge >= 0.3 is 35.8 Å². The van der Waals surface area contributed by atoms with Crippen molar-refractivity contribution in [1.82, 2.24) is 0 Å². The Hall–Kier alpha value is -3.48. The Morgan fingerprint density at radius 1 is 0.686 bits per heavy atom. The molecular weight excluding hydrogens is 472 g/mol. The molecule has 5 atom stereocenters. The number of carbonyl (C=O) groups is 6. The van der Waals surface area contributed by atoms with Gasteiger partial charge in [0.1, 0.15) is 12.7 Å².